The predicted molar refractivity (Wildman–Crippen MR) is 119 cm³/mol. The molecule has 146 valence electrons. The van der Waals surface area contributed by atoms with Crippen molar-refractivity contribution in [3.05, 3.63) is 35.4 Å². The van der Waals surface area contributed by atoms with E-state index in [0.717, 1.165) is 25.3 Å². The van der Waals surface area contributed by atoms with Crippen LogP contribution in [0.3, 0.4) is 0 Å². The Kier molecular flexibility index (Phi) is 9.98. The molecule has 0 fully saturated rings. The van der Waals surface area contributed by atoms with Crippen LogP contribution < -0.4 is 11.1 Å². The molecule has 0 aliphatic carbocycles. The largest absolute Gasteiger partial charge is 0.370 e. The molecule has 1 aliphatic heterocycles. The minimum atomic E-state index is 0. The van der Waals surface area contributed by atoms with Crippen molar-refractivity contribution in [2.45, 2.75) is 59.0 Å². The first-order chi connectivity index (χ1) is 12.0. The summed E-state index contributed by atoms with van der Waals surface area (Å²) in [7, 11) is 0. The number of fused-ring (bicyclic) bond motifs is 1. The molecule has 26 heavy (non-hydrogen) atoms. The number of amides is 1. The smallest absolute Gasteiger partial charge is 0.244 e. The highest BCUT2D eigenvalue weighted by molar-refractivity contribution is 14.0. The summed E-state index contributed by atoms with van der Waals surface area (Å²) in [4.78, 5) is 18.5. The summed E-state index contributed by atoms with van der Waals surface area (Å²) in [6.07, 6.45) is 4.36. The lowest BCUT2D eigenvalue weighted by atomic mass is 10.00. The average Bonchev–Trinajstić information content (AvgIpc) is 2.58. The first-order valence-electron chi connectivity index (χ1n) is 9.36. The molecule has 0 bridgehead atoms. The zero-order valence-electron chi connectivity index (χ0n) is 16.2. The van der Waals surface area contributed by atoms with Gasteiger partial charge in [-0.25, -0.2) is 4.99 Å². The fraction of sp³-hybridized carbons (Fsp3) is 0.600. The first kappa shape index (κ1) is 22.7. The summed E-state index contributed by atoms with van der Waals surface area (Å²) in [5.41, 5.74) is 8.50. The number of aliphatic imine (C=N–C) groups is 1. The maximum absolute atomic E-state index is 12.4. The van der Waals surface area contributed by atoms with Gasteiger partial charge in [0.05, 0.1) is 0 Å². The standard InChI is InChI=1S/C20H32N4O.HI/c1-15(2)7-6-8-16(3)23-20(21)22-13-19(25)24-12-11-17-9-4-5-10-18(17)14-24;/h4-5,9-10,15-16H,6-8,11-14H2,1-3H3,(H3,21,22,23);1H. The second-order valence-corrected chi connectivity index (χ2v) is 7.41. The maximum Gasteiger partial charge on any atom is 0.244 e. The number of hydrogen-bond donors (Lipinski definition) is 2. The van der Waals surface area contributed by atoms with Gasteiger partial charge in [-0.05, 0) is 36.8 Å². The molecular formula is C20H33IN4O. The van der Waals surface area contributed by atoms with Gasteiger partial charge in [-0.3, -0.25) is 4.79 Å². The van der Waals surface area contributed by atoms with Gasteiger partial charge in [0.15, 0.2) is 5.96 Å². The minimum absolute atomic E-state index is 0. The van der Waals surface area contributed by atoms with E-state index in [1.807, 2.05) is 11.0 Å². The summed E-state index contributed by atoms with van der Waals surface area (Å²) < 4.78 is 0. The summed E-state index contributed by atoms with van der Waals surface area (Å²) in [6.45, 7) is 8.11. The molecule has 5 nitrogen and oxygen atoms in total. The van der Waals surface area contributed by atoms with Crippen molar-refractivity contribution >= 4 is 35.8 Å². The zero-order chi connectivity index (χ0) is 18.2. The van der Waals surface area contributed by atoms with Gasteiger partial charge >= 0.3 is 0 Å². The number of nitrogens with two attached hydrogens (primary N) is 1. The fourth-order valence-corrected chi connectivity index (χ4v) is 3.16. The van der Waals surface area contributed by atoms with E-state index in [2.05, 4.69) is 49.3 Å². The van der Waals surface area contributed by atoms with Crippen LogP contribution in [0.1, 0.15) is 51.2 Å². The van der Waals surface area contributed by atoms with Crippen molar-refractivity contribution in [3.8, 4) is 0 Å². The fourth-order valence-electron chi connectivity index (χ4n) is 3.16. The van der Waals surface area contributed by atoms with Gasteiger partial charge in [0, 0.05) is 19.1 Å². The van der Waals surface area contributed by atoms with E-state index in [0.29, 0.717) is 12.5 Å². The van der Waals surface area contributed by atoms with Crippen molar-refractivity contribution in [1.29, 1.82) is 0 Å². The van der Waals surface area contributed by atoms with E-state index in [9.17, 15) is 4.79 Å². The number of carbonyl (C=O) groups excluding carboxylic acids is 1. The second-order valence-electron chi connectivity index (χ2n) is 7.41. The van der Waals surface area contributed by atoms with E-state index in [1.54, 1.807) is 0 Å². The van der Waals surface area contributed by atoms with Crippen LogP contribution in [0.2, 0.25) is 0 Å². The lowest BCUT2D eigenvalue weighted by molar-refractivity contribution is -0.130. The highest BCUT2D eigenvalue weighted by Crippen LogP contribution is 2.18. The number of halogens is 1. The normalized spacial score (nSPS) is 15.2. The Morgan fingerprint density at radius 3 is 2.62 bits per heavy atom. The number of rotatable bonds is 7. The first-order valence-corrected chi connectivity index (χ1v) is 9.36. The number of nitrogens with zero attached hydrogens (tertiary/aromatic N) is 2. The van der Waals surface area contributed by atoms with E-state index in [4.69, 9.17) is 5.73 Å². The number of hydrogen-bond acceptors (Lipinski definition) is 2. The molecule has 0 radical (unpaired) electrons. The zero-order valence-corrected chi connectivity index (χ0v) is 18.5. The number of guanidine groups is 1. The second kappa shape index (κ2) is 11.4. The van der Waals surface area contributed by atoms with Crippen molar-refractivity contribution in [1.82, 2.24) is 10.2 Å². The van der Waals surface area contributed by atoms with Crippen LogP contribution in [0.15, 0.2) is 29.3 Å². The third kappa shape index (κ3) is 7.51. The van der Waals surface area contributed by atoms with Crippen LogP contribution in [0.25, 0.3) is 0 Å². The molecule has 1 atom stereocenters. The van der Waals surface area contributed by atoms with Crippen LogP contribution in [0.5, 0.6) is 0 Å². The number of benzene rings is 1. The SMILES string of the molecule is CC(C)CCCC(C)NC(N)=NCC(=O)N1CCc2ccccc2C1.I. The van der Waals surface area contributed by atoms with Gasteiger partial charge in [-0.2, -0.15) is 0 Å². The van der Waals surface area contributed by atoms with E-state index in [1.165, 1.54) is 24.0 Å². The summed E-state index contributed by atoms with van der Waals surface area (Å²) in [5.74, 6) is 1.13. The summed E-state index contributed by atoms with van der Waals surface area (Å²) >= 11 is 0. The molecule has 2 rings (SSSR count). The quantitative estimate of drug-likeness (QED) is 0.364. The molecule has 0 aromatic heterocycles. The van der Waals surface area contributed by atoms with Crippen LogP contribution >= 0.6 is 24.0 Å². The summed E-state index contributed by atoms with van der Waals surface area (Å²) in [6, 6.07) is 8.58. The van der Waals surface area contributed by atoms with Crippen LogP contribution in [-0.2, 0) is 17.8 Å². The lowest BCUT2D eigenvalue weighted by Crippen LogP contribution is -2.41. The van der Waals surface area contributed by atoms with Gasteiger partial charge in [0.25, 0.3) is 0 Å². The molecule has 0 saturated carbocycles. The molecule has 0 saturated heterocycles. The number of nitrogens with one attached hydrogen (secondary N) is 1. The highest BCUT2D eigenvalue weighted by atomic mass is 127. The Morgan fingerprint density at radius 1 is 1.23 bits per heavy atom. The molecule has 1 amide bonds. The molecular weight excluding hydrogens is 439 g/mol. The number of carbonyl (C=O) groups is 1. The van der Waals surface area contributed by atoms with E-state index >= 15 is 0 Å². The van der Waals surface area contributed by atoms with Gasteiger partial charge in [-0.1, -0.05) is 51.0 Å². The van der Waals surface area contributed by atoms with Crippen molar-refractivity contribution in [2.24, 2.45) is 16.6 Å². The molecule has 6 heteroatoms. The third-order valence-corrected chi connectivity index (χ3v) is 4.68. The van der Waals surface area contributed by atoms with Gasteiger partial charge in [0.2, 0.25) is 5.91 Å². The molecule has 1 aromatic rings. The Hall–Kier alpha value is -1.31. The van der Waals surface area contributed by atoms with Gasteiger partial charge in [-0.15, -0.1) is 24.0 Å². The molecule has 1 unspecified atom stereocenters. The van der Waals surface area contributed by atoms with Crippen LogP contribution in [0, 0.1) is 5.92 Å². The lowest BCUT2D eigenvalue weighted by Gasteiger charge is -2.28. The molecule has 1 aromatic carbocycles. The molecule has 3 N–H and O–H groups in total. The molecule has 1 aliphatic rings. The minimum Gasteiger partial charge on any atom is -0.370 e. The van der Waals surface area contributed by atoms with E-state index < -0.39 is 0 Å². The maximum atomic E-state index is 12.4. The third-order valence-electron chi connectivity index (χ3n) is 4.68. The Morgan fingerprint density at radius 2 is 1.92 bits per heavy atom. The van der Waals surface area contributed by atoms with E-state index in [-0.39, 0.29) is 42.5 Å². The van der Waals surface area contributed by atoms with Crippen molar-refractivity contribution in [3.63, 3.8) is 0 Å². The van der Waals surface area contributed by atoms with Gasteiger partial charge in [0.1, 0.15) is 6.54 Å². The predicted octanol–water partition coefficient (Wildman–Crippen LogP) is 3.31. The summed E-state index contributed by atoms with van der Waals surface area (Å²) in [5, 5.41) is 3.18. The highest BCUT2D eigenvalue weighted by Gasteiger charge is 2.19. The van der Waals surface area contributed by atoms with Gasteiger partial charge < -0.3 is 16.0 Å². The monoisotopic (exact) mass is 472 g/mol. The van der Waals surface area contributed by atoms with Crippen LogP contribution in [0.4, 0.5) is 0 Å². The topological polar surface area (TPSA) is 70.7 Å². The molecule has 1 heterocycles. The van der Waals surface area contributed by atoms with Crippen LogP contribution in [-0.4, -0.2) is 35.9 Å². The van der Waals surface area contributed by atoms with Crippen molar-refractivity contribution in [2.75, 3.05) is 13.1 Å². The molecule has 0 spiro atoms. The Balaban J connectivity index is 0.00000338. The van der Waals surface area contributed by atoms with Crippen molar-refractivity contribution < 1.29 is 4.79 Å². The Bertz CT molecular complexity index is 603. The Labute approximate surface area is 174 Å². The average molecular weight is 472 g/mol.